The van der Waals surface area contributed by atoms with Crippen molar-refractivity contribution in [2.75, 3.05) is 6.61 Å². The Morgan fingerprint density at radius 2 is 1.79 bits per heavy atom. The molecule has 7 fully saturated rings. The predicted molar refractivity (Wildman–Crippen MR) is 190 cm³/mol. The minimum absolute atomic E-state index is 0.125. The number of aliphatic hydroxyl groups excluding tert-OH is 1. The number of allylic oxidation sites excluding steroid dienone is 2. The number of dihydropyridines is 1. The average molecular weight is 646 g/mol. The van der Waals surface area contributed by atoms with Crippen molar-refractivity contribution >= 4 is 10.8 Å². The molecular formula is C43H55N3O2. The van der Waals surface area contributed by atoms with E-state index < -0.39 is 0 Å². The van der Waals surface area contributed by atoms with Crippen molar-refractivity contribution in [1.82, 2.24) is 5.32 Å². The molecule has 0 aromatic heterocycles. The normalized spacial score (nSPS) is 47.7. The van der Waals surface area contributed by atoms with Crippen LogP contribution in [0.25, 0.3) is 10.8 Å². The highest BCUT2D eigenvalue weighted by Crippen LogP contribution is 2.78. The van der Waals surface area contributed by atoms with Crippen LogP contribution in [-0.2, 0) is 4.74 Å². The standard InChI is InChI=1S/C43H55N3O2/c1-40(26-8-2-3-9-26)39-30-15-13-27(22-47)42(39,45)23-43(48-40)32-20-41(17-4-5-18-41)19-31-34(25-12-16-33(44)46-21-25)28-10-6-7-24-11-14-29(38(30)43)37(35(24)28)36(31)32/h6-7,10-12,14,16,21,26-27,30-34,36,38-39,46-47H,2-5,8-9,13,15,17-20,22-23,44-45H2,1H3/t27-,30+,31+,32-,33?,34-,36+,38+,39+,40-,42-,43+/m1/s1. The molecule has 0 radical (unpaired) electrons. The van der Waals surface area contributed by atoms with Gasteiger partial charge in [-0.05, 0) is 139 Å². The average Bonchev–Trinajstić information content (AvgIpc) is 3.79. The van der Waals surface area contributed by atoms with Crippen molar-refractivity contribution in [3.8, 4) is 0 Å². The minimum Gasteiger partial charge on any atom is -0.396 e. The van der Waals surface area contributed by atoms with Gasteiger partial charge in [-0.25, -0.2) is 0 Å². The third kappa shape index (κ3) is 3.49. The van der Waals surface area contributed by atoms with E-state index in [1.165, 1.54) is 81.6 Å². The van der Waals surface area contributed by atoms with Crippen LogP contribution in [-0.4, -0.2) is 34.6 Å². The zero-order valence-electron chi connectivity index (χ0n) is 28.8. The Hall–Kier alpha value is -2.18. The second-order valence-electron chi connectivity index (χ2n) is 18.7. The van der Waals surface area contributed by atoms with Gasteiger partial charge in [0.05, 0.1) is 17.4 Å². The molecule has 254 valence electrons. The van der Waals surface area contributed by atoms with Crippen molar-refractivity contribution in [2.24, 2.45) is 52.4 Å². The van der Waals surface area contributed by atoms with Gasteiger partial charge in [-0.2, -0.15) is 0 Å². The lowest BCUT2D eigenvalue weighted by atomic mass is 9.35. The second-order valence-corrected chi connectivity index (χ2v) is 18.7. The molecule has 3 heterocycles. The van der Waals surface area contributed by atoms with Crippen LogP contribution in [0, 0.1) is 40.9 Å². The van der Waals surface area contributed by atoms with E-state index in [0.717, 1.165) is 12.8 Å². The molecule has 5 nitrogen and oxygen atoms in total. The van der Waals surface area contributed by atoms with E-state index >= 15 is 0 Å². The van der Waals surface area contributed by atoms with Gasteiger partial charge in [0.2, 0.25) is 0 Å². The highest BCUT2D eigenvalue weighted by atomic mass is 16.5. The van der Waals surface area contributed by atoms with Gasteiger partial charge >= 0.3 is 0 Å². The molecule has 2 aromatic rings. The Kier molecular flexibility index (Phi) is 6.02. The number of benzene rings is 2. The maximum atomic E-state index is 11.0. The van der Waals surface area contributed by atoms with E-state index in [1.807, 2.05) is 0 Å². The van der Waals surface area contributed by atoms with Crippen LogP contribution < -0.4 is 16.8 Å². The van der Waals surface area contributed by atoms with Gasteiger partial charge in [0.25, 0.3) is 0 Å². The molecule has 6 N–H and O–H groups in total. The lowest BCUT2D eigenvalue weighted by Gasteiger charge is -2.78. The molecule has 12 atom stereocenters. The van der Waals surface area contributed by atoms with Crippen molar-refractivity contribution in [3.05, 3.63) is 70.9 Å². The summed E-state index contributed by atoms with van der Waals surface area (Å²) in [6, 6.07) is 12.2. The van der Waals surface area contributed by atoms with Crippen LogP contribution in [0.1, 0.15) is 125 Å². The summed E-state index contributed by atoms with van der Waals surface area (Å²) in [6.45, 7) is 2.74. The molecule has 48 heavy (non-hydrogen) atoms. The third-order valence-electron chi connectivity index (χ3n) is 17.0. The number of rotatable bonds is 3. The Balaban J connectivity index is 1.20. The Bertz CT molecular complexity index is 1750. The van der Waals surface area contributed by atoms with E-state index in [-0.39, 0.29) is 35.4 Å². The van der Waals surface area contributed by atoms with Crippen LogP contribution in [0.2, 0.25) is 0 Å². The van der Waals surface area contributed by atoms with Gasteiger partial charge in [0.15, 0.2) is 0 Å². The van der Waals surface area contributed by atoms with E-state index in [2.05, 4.69) is 60.9 Å². The monoisotopic (exact) mass is 645 g/mol. The molecule has 0 amide bonds. The van der Waals surface area contributed by atoms with E-state index in [0.29, 0.717) is 52.8 Å². The zero-order chi connectivity index (χ0) is 32.2. The molecule has 10 aliphatic rings. The molecule has 3 aliphatic heterocycles. The Morgan fingerprint density at radius 1 is 0.958 bits per heavy atom. The molecule has 2 saturated heterocycles. The summed E-state index contributed by atoms with van der Waals surface area (Å²) in [5.74, 6) is 3.69. The largest absolute Gasteiger partial charge is 0.396 e. The summed E-state index contributed by atoms with van der Waals surface area (Å²) in [4.78, 5) is 0. The van der Waals surface area contributed by atoms with E-state index in [4.69, 9.17) is 16.2 Å². The Morgan fingerprint density at radius 3 is 2.56 bits per heavy atom. The van der Waals surface area contributed by atoms with Gasteiger partial charge in [0.1, 0.15) is 0 Å². The van der Waals surface area contributed by atoms with Gasteiger partial charge in [-0.1, -0.05) is 62.1 Å². The van der Waals surface area contributed by atoms with Crippen molar-refractivity contribution in [1.29, 1.82) is 0 Å². The lowest BCUT2D eigenvalue weighted by Crippen LogP contribution is -2.83. The first-order valence-corrected chi connectivity index (χ1v) is 19.9. The number of hydrogen-bond acceptors (Lipinski definition) is 5. The van der Waals surface area contributed by atoms with Crippen molar-refractivity contribution in [3.63, 3.8) is 0 Å². The molecule has 12 rings (SSSR count). The topological polar surface area (TPSA) is 93.5 Å². The summed E-state index contributed by atoms with van der Waals surface area (Å²) in [7, 11) is 0. The Labute approximate surface area is 286 Å². The predicted octanol–water partition coefficient (Wildman–Crippen LogP) is 7.49. The molecule has 2 spiro atoms. The fourth-order valence-electron chi connectivity index (χ4n) is 15.7. The summed E-state index contributed by atoms with van der Waals surface area (Å²) in [5, 5.41) is 17.5. The van der Waals surface area contributed by atoms with Gasteiger partial charge in [0, 0.05) is 42.0 Å². The zero-order valence-corrected chi connectivity index (χ0v) is 28.8. The van der Waals surface area contributed by atoms with E-state index in [9.17, 15) is 5.11 Å². The first-order valence-electron chi connectivity index (χ1n) is 19.9. The summed E-state index contributed by atoms with van der Waals surface area (Å²) in [5.41, 5.74) is 20.1. The summed E-state index contributed by atoms with van der Waals surface area (Å²) in [6.07, 6.45) is 23.0. The first-order chi connectivity index (χ1) is 23.3. The first kappa shape index (κ1) is 29.5. The molecule has 5 heteroatoms. The quantitative estimate of drug-likeness (QED) is 0.278. The fourth-order valence-corrected chi connectivity index (χ4v) is 15.7. The lowest BCUT2D eigenvalue weighted by molar-refractivity contribution is -0.357. The number of nitrogens with one attached hydrogen (secondary N) is 1. The molecule has 4 bridgehead atoms. The number of ether oxygens (including phenoxy) is 1. The highest BCUT2D eigenvalue weighted by Gasteiger charge is 2.78. The fraction of sp³-hybridized carbons (Fsp3) is 0.674. The van der Waals surface area contributed by atoms with Crippen LogP contribution >= 0.6 is 0 Å². The minimum atomic E-state index is -0.373. The van der Waals surface area contributed by atoms with Crippen molar-refractivity contribution in [2.45, 2.75) is 131 Å². The molecule has 5 saturated carbocycles. The van der Waals surface area contributed by atoms with Gasteiger partial charge in [-0.3, -0.25) is 0 Å². The molecule has 1 unspecified atom stereocenters. The summed E-state index contributed by atoms with van der Waals surface area (Å²) < 4.78 is 8.23. The maximum Gasteiger partial charge on any atom is 0.0934 e. The number of hydrogen-bond donors (Lipinski definition) is 4. The van der Waals surface area contributed by atoms with E-state index in [1.54, 1.807) is 22.1 Å². The third-order valence-corrected chi connectivity index (χ3v) is 17.0. The van der Waals surface area contributed by atoms with Crippen LogP contribution in [0.5, 0.6) is 0 Å². The van der Waals surface area contributed by atoms with Gasteiger partial charge in [-0.15, -0.1) is 0 Å². The number of fused-ring (bicyclic) bond motifs is 1. The van der Waals surface area contributed by atoms with Crippen LogP contribution in [0.15, 0.2) is 54.3 Å². The number of nitrogens with two attached hydrogens (primary N) is 2. The highest BCUT2D eigenvalue weighted by molar-refractivity contribution is 5.93. The van der Waals surface area contributed by atoms with Crippen LogP contribution in [0.3, 0.4) is 0 Å². The van der Waals surface area contributed by atoms with Gasteiger partial charge < -0.3 is 26.6 Å². The summed E-state index contributed by atoms with van der Waals surface area (Å²) >= 11 is 0. The molecular weight excluding hydrogens is 590 g/mol. The van der Waals surface area contributed by atoms with Crippen LogP contribution in [0.4, 0.5) is 0 Å². The second kappa shape index (κ2) is 9.78. The molecule has 2 aromatic carbocycles. The molecule has 7 aliphatic carbocycles. The smallest absolute Gasteiger partial charge is 0.0934 e. The maximum absolute atomic E-state index is 11.0. The van der Waals surface area contributed by atoms with Crippen molar-refractivity contribution < 1.29 is 9.84 Å². The number of aliphatic hydroxyl groups is 1. The SMILES string of the molecule is C[C@]1(C2CCCC2)O[C@]23C[C@@]4(N)[C@@H](CO)CC[C@H]([C@H]41)[C@@H]2c1ccc2cccc4c2c1[C@H]1[C@@H](CC2(CCCC2)C[C@H]13)[C@@H]4C1=CNC(N)C=C1.